The van der Waals surface area contributed by atoms with E-state index in [4.69, 9.17) is 0 Å². The zero-order valence-corrected chi connectivity index (χ0v) is 19.5. The third kappa shape index (κ3) is 6.49. The minimum absolute atomic E-state index is 0.119. The van der Waals surface area contributed by atoms with Crippen LogP contribution in [0.15, 0.2) is 48.5 Å². The number of unbranched alkanes of at least 4 members (excludes halogenated alkanes) is 1. The number of anilines is 2. The zero-order chi connectivity index (χ0) is 22.9. The molecule has 1 atom stereocenters. The van der Waals surface area contributed by atoms with Gasteiger partial charge in [0, 0.05) is 31.0 Å². The lowest BCUT2D eigenvalue weighted by molar-refractivity contribution is 0.0940. The number of carbonyl (C=O) groups excluding carboxylic acids is 2. The molecule has 1 heterocycles. The van der Waals surface area contributed by atoms with Crippen LogP contribution in [0.25, 0.3) is 0 Å². The Labute approximate surface area is 191 Å². The molecule has 0 saturated carbocycles. The third-order valence-corrected chi connectivity index (χ3v) is 6.09. The maximum Gasteiger partial charge on any atom is 0.319 e. The first kappa shape index (κ1) is 23.6. The normalized spacial score (nSPS) is 15.2. The van der Waals surface area contributed by atoms with Gasteiger partial charge in [-0.15, -0.1) is 0 Å². The average molecular weight is 437 g/mol. The Hall–Kier alpha value is -3.02. The number of amides is 3. The summed E-state index contributed by atoms with van der Waals surface area (Å²) in [5.74, 6) is 0.569. The van der Waals surface area contributed by atoms with Crippen molar-refractivity contribution >= 4 is 23.3 Å². The highest BCUT2D eigenvalue weighted by molar-refractivity contribution is 6.02. The summed E-state index contributed by atoms with van der Waals surface area (Å²) in [6.45, 7) is 8.84. The van der Waals surface area contributed by atoms with Gasteiger partial charge >= 0.3 is 6.03 Å². The number of urea groups is 1. The fraction of sp³-hybridized carbons (Fsp3) is 0.462. The second-order valence-electron chi connectivity index (χ2n) is 8.74. The maximum absolute atomic E-state index is 13.3. The largest absolute Gasteiger partial charge is 0.371 e. The molecule has 1 aliphatic rings. The van der Waals surface area contributed by atoms with Crippen molar-refractivity contribution in [1.82, 2.24) is 10.6 Å². The van der Waals surface area contributed by atoms with E-state index in [0.717, 1.165) is 50.0 Å². The number of piperidine rings is 1. The lowest BCUT2D eigenvalue weighted by atomic mass is 9.97. The number of nitrogens with one attached hydrogen (secondary N) is 3. The van der Waals surface area contributed by atoms with Crippen LogP contribution in [-0.4, -0.2) is 31.6 Å². The molecule has 6 heteroatoms. The average Bonchev–Trinajstić information content (AvgIpc) is 2.80. The Bertz CT molecular complexity index is 892. The highest BCUT2D eigenvalue weighted by Gasteiger charge is 2.23. The minimum Gasteiger partial charge on any atom is -0.371 e. The Kier molecular flexibility index (Phi) is 8.54. The smallest absolute Gasteiger partial charge is 0.319 e. The number of carbonyl (C=O) groups is 2. The summed E-state index contributed by atoms with van der Waals surface area (Å²) in [7, 11) is 0. The minimum atomic E-state index is -0.248. The van der Waals surface area contributed by atoms with E-state index in [1.54, 1.807) is 6.07 Å². The first-order valence-corrected chi connectivity index (χ1v) is 11.8. The predicted octanol–water partition coefficient (Wildman–Crippen LogP) is 5.34. The molecule has 3 N–H and O–H groups in total. The summed E-state index contributed by atoms with van der Waals surface area (Å²) >= 11 is 0. The van der Waals surface area contributed by atoms with Gasteiger partial charge in [-0.1, -0.05) is 50.6 Å². The monoisotopic (exact) mass is 436 g/mol. The van der Waals surface area contributed by atoms with Crippen LogP contribution in [0.1, 0.15) is 68.4 Å². The van der Waals surface area contributed by atoms with E-state index in [9.17, 15) is 9.59 Å². The summed E-state index contributed by atoms with van der Waals surface area (Å²) in [4.78, 5) is 27.8. The van der Waals surface area contributed by atoms with Crippen molar-refractivity contribution in [3.63, 3.8) is 0 Å². The van der Waals surface area contributed by atoms with Crippen molar-refractivity contribution in [2.45, 2.75) is 52.5 Å². The Morgan fingerprint density at radius 2 is 1.81 bits per heavy atom. The lowest BCUT2D eigenvalue weighted by Crippen LogP contribution is -2.35. The van der Waals surface area contributed by atoms with E-state index in [-0.39, 0.29) is 18.0 Å². The molecule has 3 rings (SSSR count). The van der Waals surface area contributed by atoms with Crippen LogP contribution in [0, 0.1) is 5.92 Å². The highest BCUT2D eigenvalue weighted by atomic mass is 16.2. The van der Waals surface area contributed by atoms with Crippen molar-refractivity contribution in [1.29, 1.82) is 0 Å². The molecule has 0 aromatic heterocycles. The lowest BCUT2D eigenvalue weighted by Gasteiger charge is -2.33. The molecule has 2 aromatic carbocycles. The fourth-order valence-corrected chi connectivity index (χ4v) is 3.97. The van der Waals surface area contributed by atoms with Crippen molar-refractivity contribution in [2.24, 2.45) is 5.92 Å². The molecule has 0 radical (unpaired) electrons. The van der Waals surface area contributed by atoms with Gasteiger partial charge in [0.25, 0.3) is 5.91 Å². The molecule has 1 fully saturated rings. The Morgan fingerprint density at radius 1 is 1.09 bits per heavy atom. The second-order valence-corrected chi connectivity index (χ2v) is 8.74. The molecule has 32 heavy (non-hydrogen) atoms. The van der Waals surface area contributed by atoms with Gasteiger partial charge in [-0.2, -0.15) is 0 Å². The molecule has 172 valence electrons. The molecule has 1 unspecified atom stereocenters. The van der Waals surface area contributed by atoms with Crippen molar-refractivity contribution in [2.75, 3.05) is 29.9 Å². The van der Waals surface area contributed by atoms with Gasteiger partial charge < -0.3 is 20.9 Å². The van der Waals surface area contributed by atoms with Crippen LogP contribution >= 0.6 is 0 Å². The zero-order valence-electron chi connectivity index (χ0n) is 19.5. The SMILES string of the molecule is CCCCNC(=O)Nc1ccc(N2CCC(C)CC2)c(C(=O)NC(C)c2ccccc2)c1. The first-order valence-electron chi connectivity index (χ1n) is 11.8. The molecular weight excluding hydrogens is 400 g/mol. The summed E-state index contributed by atoms with van der Waals surface area (Å²) in [6, 6.07) is 15.2. The van der Waals surface area contributed by atoms with Gasteiger partial charge in [0.05, 0.1) is 11.6 Å². The van der Waals surface area contributed by atoms with Gasteiger partial charge in [0.2, 0.25) is 0 Å². The van der Waals surface area contributed by atoms with Crippen molar-refractivity contribution < 1.29 is 9.59 Å². The standard InChI is InChI=1S/C26H36N4O2/c1-4-5-15-27-26(32)29-22-11-12-24(30-16-13-19(2)14-17-30)23(18-22)25(31)28-20(3)21-9-7-6-8-10-21/h6-12,18-20H,4-5,13-17H2,1-3H3,(H,28,31)(H2,27,29,32). The molecule has 0 spiro atoms. The maximum atomic E-state index is 13.3. The molecule has 6 nitrogen and oxygen atoms in total. The summed E-state index contributed by atoms with van der Waals surface area (Å²) < 4.78 is 0. The van der Waals surface area contributed by atoms with E-state index in [1.807, 2.05) is 49.4 Å². The molecule has 2 aromatic rings. The summed E-state index contributed by atoms with van der Waals surface area (Å²) in [6.07, 6.45) is 4.18. The Balaban J connectivity index is 1.80. The van der Waals surface area contributed by atoms with Gasteiger partial charge in [-0.05, 0) is 55.9 Å². The van der Waals surface area contributed by atoms with Crippen LogP contribution in [0.5, 0.6) is 0 Å². The van der Waals surface area contributed by atoms with E-state index in [1.165, 1.54) is 0 Å². The first-order chi connectivity index (χ1) is 15.5. The van der Waals surface area contributed by atoms with Crippen LogP contribution in [0.3, 0.4) is 0 Å². The van der Waals surface area contributed by atoms with Gasteiger partial charge in [0.15, 0.2) is 0 Å². The van der Waals surface area contributed by atoms with Crippen LogP contribution in [0.4, 0.5) is 16.2 Å². The molecule has 0 bridgehead atoms. The molecule has 1 aliphatic heterocycles. The topological polar surface area (TPSA) is 73.5 Å². The molecular formula is C26H36N4O2. The molecule has 3 amide bonds. The fourth-order valence-electron chi connectivity index (χ4n) is 3.97. The van der Waals surface area contributed by atoms with E-state index in [0.29, 0.717) is 23.7 Å². The number of hydrogen-bond donors (Lipinski definition) is 3. The third-order valence-electron chi connectivity index (χ3n) is 6.09. The second kappa shape index (κ2) is 11.6. The van der Waals surface area contributed by atoms with Gasteiger partial charge in [0.1, 0.15) is 0 Å². The number of hydrogen-bond acceptors (Lipinski definition) is 3. The Morgan fingerprint density at radius 3 is 2.50 bits per heavy atom. The predicted molar refractivity (Wildman–Crippen MR) is 131 cm³/mol. The number of benzene rings is 2. The van der Waals surface area contributed by atoms with E-state index in [2.05, 4.69) is 34.7 Å². The summed E-state index contributed by atoms with van der Waals surface area (Å²) in [5.41, 5.74) is 3.18. The van der Waals surface area contributed by atoms with Crippen molar-refractivity contribution in [3.05, 3.63) is 59.7 Å². The van der Waals surface area contributed by atoms with Crippen LogP contribution in [-0.2, 0) is 0 Å². The highest BCUT2D eigenvalue weighted by Crippen LogP contribution is 2.29. The van der Waals surface area contributed by atoms with Crippen LogP contribution in [0.2, 0.25) is 0 Å². The van der Waals surface area contributed by atoms with Gasteiger partial charge in [-0.25, -0.2) is 4.79 Å². The van der Waals surface area contributed by atoms with E-state index < -0.39 is 0 Å². The number of nitrogens with zero attached hydrogens (tertiary/aromatic N) is 1. The quantitative estimate of drug-likeness (QED) is 0.489. The van der Waals surface area contributed by atoms with E-state index >= 15 is 0 Å². The molecule has 0 aliphatic carbocycles. The van der Waals surface area contributed by atoms with Crippen molar-refractivity contribution in [3.8, 4) is 0 Å². The number of rotatable bonds is 8. The summed E-state index contributed by atoms with van der Waals surface area (Å²) in [5, 5.41) is 8.86. The molecule has 1 saturated heterocycles. The van der Waals surface area contributed by atoms with Gasteiger partial charge in [-0.3, -0.25) is 4.79 Å². The van der Waals surface area contributed by atoms with Crippen LogP contribution < -0.4 is 20.9 Å².